The van der Waals surface area contributed by atoms with Crippen molar-refractivity contribution >= 4 is 11.7 Å². The van der Waals surface area contributed by atoms with E-state index in [1.165, 1.54) is 6.08 Å². The van der Waals surface area contributed by atoms with Crippen LogP contribution in [0.4, 0.5) is 0 Å². The SMILES string of the molecule is C=CC(=O)C1CCCN(C)C1=O. The first-order chi connectivity index (χ1) is 5.66. The van der Waals surface area contributed by atoms with E-state index in [1.807, 2.05) is 0 Å². The van der Waals surface area contributed by atoms with Gasteiger partial charge >= 0.3 is 0 Å². The largest absolute Gasteiger partial charge is 0.345 e. The molecule has 1 amide bonds. The third-order valence-corrected chi connectivity index (χ3v) is 2.21. The van der Waals surface area contributed by atoms with E-state index < -0.39 is 5.92 Å². The lowest BCUT2D eigenvalue weighted by Gasteiger charge is -2.27. The smallest absolute Gasteiger partial charge is 0.233 e. The molecule has 0 saturated carbocycles. The maximum atomic E-state index is 11.4. The predicted octanol–water partition coefficient (Wildman–Crippen LogP) is 0.610. The molecule has 0 radical (unpaired) electrons. The summed E-state index contributed by atoms with van der Waals surface area (Å²) in [6.07, 6.45) is 2.82. The van der Waals surface area contributed by atoms with E-state index in [-0.39, 0.29) is 11.7 Å². The Morgan fingerprint density at radius 1 is 1.75 bits per heavy atom. The molecule has 66 valence electrons. The summed E-state index contributed by atoms with van der Waals surface area (Å²) in [5, 5.41) is 0. The fourth-order valence-corrected chi connectivity index (χ4v) is 1.44. The van der Waals surface area contributed by atoms with Crippen LogP contribution in [0.15, 0.2) is 12.7 Å². The summed E-state index contributed by atoms with van der Waals surface area (Å²) in [6.45, 7) is 4.14. The molecule has 0 N–H and O–H groups in total. The molecule has 3 nitrogen and oxygen atoms in total. The van der Waals surface area contributed by atoms with Crippen molar-refractivity contribution in [1.82, 2.24) is 4.90 Å². The Bertz CT molecular complexity index is 223. The molecule has 0 bridgehead atoms. The number of carbonyl (C=O) groups is 2. The molecule has 3 heteroatoms. The van der Waals surface area contributed by atoms with Crippen molar-refractivity contribution in [3.63, 3.8) is 0 Å². The number of amides is 1. The van der Waals surface area contributed by atoms with Crippen LogP contribution in [0.5, 0.6) is 0 Å². The van der Waals surface area contributed by atoms with E-state index in [0.29, 0.717) is 6.42 Å². The van der Waals surface area contributed by atoms with Gasteiger partial charge in [-0.15, -0.1) is 0 Å². The van der Waals surface area contributed by atoms with Crippen molar-refractivity contribution in [2.75, 3.05) is 13.6 Å². The summed E-state index contributed by atoms with van der Waals surface area (Å²) < 4.78 is 0. The first-order valence-electron chi connectivity index (χ1n) is 4.08. The lowest BCUT2D eigenvalue weighted by molar-refractivity contribution is -0.141. The van der Waals surface area contributed by atoms with E-state index >= 15 is 0 Å². The van der Waals surface area contributed by atoms with Crippen LogP contribution in [0, 0.1) is 5.92 Å². The average Bonchev–Trinajstić information content (AvgIpc) is 2.08. The van der Waals surface area contributed by atoms with Crippen LogP contribution in [-0.2, 0) is 9.59 Å². The zero-order valence-corrected chi connectivity index (χ0v) is 7.25. The monoisotopic (exact) mass is 167 g/mol. The van der Waals surface area contributed by atoms with Crippen molar-refractivity contribution in [3.05, 3.63) is 12.7 Å². The molecule has 0 aromatic rings. The van der Waals surface area contributed by atoms with Crippen LogP contribution in [0.2, 0.25) is 0 Å². The lowest BCUT2D eigenvalue weighted by Crippen LogP contribution is -2.41. The highest BCUT2D eigenvalue weighted by Crippen LogP contribution is 2.17. The Morgan fingerprint density at radius 3 is 3.00 bits per heavy atom. The molecule has 0 aromatic carbocycles. The minimum absolute atomic E-state index is 0.0637. The van der Waals surface area contributed by atoms with Crippen LogP contribution >= 0.6 is 0 Å². The van der Waals surface area contributed by atoms with Crippen molar-refractivity contribution in [2.24, 2.45) is 5.92 Å². The Kier molecular flexibility index (Phi) is 2.63. The second-order valence-electron chi connectivity index (χ2n) is 3.06. The first-order valence-corrected chi connectivity index (χ1v) is 4.08. The molecule has 0 aromatic heterocycles. The minimum atomic E-state index is -0.457. The molecule has 1 aliphatic heterocycles. The number of carbonyl (C=O) groups excluding carboxylic acids is 2. The van der Waals surface area contributed by atoms with Gasteiger partial charge in [0.25, 0.3) is 0 Å². The molecule has 1 heterocycles. The highest BCUT2D eigenvalue weighted by atomic mass is 16.2. The third kappa shape index (κ3) is 1.55. The van der Waals surface area contributed by atoms with Gasteiger partial charge in [0, 0.05) is 13.6 Å². The van der Waals surface area contributed by atoms with Gasteiger partial charge in [-0.2, -0.15) is 0 Å². The van der Waals surface area contributed by atoms with E-state index in [1.54, 1.807) is 11.9 Å². The summed E-state index contributed by atoms with van der Waals surface area (Å²) >= 11 is 0. The molecule has 1 rings (SSSR count). The Morgan fingerprint density at radius 2 is 2.42 bits per heavy atom. The molecular weight excluding hydrogens is 154 g/mol. The van der Waals surface area contributed by atoms with E-state index in [4.69, 9.17) is 0 Å². The number of likely N-dealkylation sites (tertiary alicyclic amines) is 1. The average molecular weight is 167 g/mol. The molecule has 1 atom stereocenters. The molecule has 0 spiro atoms. The topological polar surface area (TPSA) is 37.4 Å². The van der Waals surface area contributed by atoms with E-state index in [9.17, 15) is 9.59 Å². The lowest BCUT2D eigenvalue weighted by atomic mass is 9.93. The van der Waals surface area contributed by atoms with Gasteiger partial charge < -0.3 is 4.90 Å². The quantitative estimate of drug-likeness (QED) is 0.446. The van der Waals surface area contributed by atoms with Gasteiger partial charge in [0.15, 0.2) is 5.78 Å². The first kappa shape index (κ1) is 8.97. The fourth-order valence-electron chi connectivity index (χ4n) is 1.44. The molecule has 1 unspecified atom stereocenters. The van der Waals surface area contributed by atoms with Crippen molar-refractivity contribution in [3.8, 4) is 0 Å². The van der Waals surface area contributed by atoms with E-state index in [0.717, 1.165) is 13.0 Å². The normalized spacial score (nSPS) is 23.9. The van der Waals surface area contributed by atoms with Crippen molar-refractivity contribution in [2.45, 2.75) is 12.8 Å². The number of hydrogen-bond acceptors (Lipinski definition) is 2. The number of ketones is 1. The highest BCUT2D eigenvalue weighted by Gasteiger charge is 2.30. The summed E-state index contributed by atoms with van der Waals surface area (Å²) in [4.78, 5) is 24.1. The Balaban J connectivity index is 2.70. The molecule has 0 aliphatic carbocycles. The standard InChI is InChI=1S/C9H13NO2/c1-3-8(11)7-5-4-6-10(2)9(7)12/h3,7H,1,4-6H2,2H3. The summed E-state index contributed by atoms with van der Waals surface area (Å²) in [5.74, 6) is -0.668. The molecule has 12 heavy (non-hydrogen) atoms. The minimum Gasteiger partial charge on any atom is -0.345 e. The Hall–Kier alpha value is -1.12. The van der Waals surface area contributed by atoms with Gasteiger partial charge in [-0.05, 0) is 18.9 Å². The molecule has 1 aliphatic rings. The number of hydrogen-bond donors (Lipinski definition) is 0. The van der Waals surface area contributed by atoms with Gasteiger partial charge in [0.2, 0.25) is 5.91 Å². The van der Waals surface area contributed by atoms with Gasteiger partial charge in [0.05, 0.1) is 0 Å². The van der Waals surface area contributed by atoms with E-state index in [2.05, 4.69) is 6.58 Å². The van der Waals surface area contributed by atoms with Crippen molar-refractivity contribution < 1.29 is 9.59 Å². The van der Waals surface area contributed by atoms with Crippen LogP contribution in [0.25, 0.3) is 0 Å². The van der Waals surface area contributed by atoms with Crippen molar-refractivity contribution in [1.29, 1.82) is 0 Å². The number of allylic oxidation sites excluding steroid dienone is 1. The second-order valence-corrected chi connectivity index (χ2v) is 3.06. The summed E-state index contributed by atoms with van der Waals surface area (Å²) in [5.41, 5.74) is 0. The zero-order chi connectivity index (χ0) is 9.14. The summed E-state index contributed by atoms with van der Waals surface area (Å²) in [7, 11) is 1.73. The summed E-state index contributed by atoms with van der Waals surface area (Å²) in [6, 6.07) is 0. The maximum Gasteiger partial charge on any atom is 0.233 e. The van der Waals surface area contributed by atoms with Gasteiger partial charge in [-0.25, -0.2) is 0 Å². The predicted molar refractivity (Wildman–Crippen MR) is 45.6 cm³/mol. The highest BCUT2D eigenvalue weighted by molar-refractivity contribution is 6.06. The van der Waals surface area contributed by atoms with Gasteiger partial charge in [-0.1, -0.05) is 6.58 Å². The second kappa shape index (κ2) is 3.52. The maximum absolute atomic E-state index is 11.4. The molecule has 1 fully saturated rings. The van der Waals surface area contributed by atoms with Gasteiger partial charge in [0.1, 0.15) is 5.92 Å². The number of nitrogens with zero attached hydrogens (tertiary/aromatic N) is 1. The van der Waals surface area contributed by atoms with Crippen LogP contribution in [0.1, 0.15) is 12.8 Å². The number of piperidine rings is 1. The molecule has 1 saturated heterocycles. The number of rotatable bonds is 2. The van der Waals surface area contributed by atoms with Crippen LogP contribution in [-0.4, -0.2) is 30.2 Å². The van der Waals surface area contributed by atoms with Crippen LogP contribution in [0.3, 0.4) is 0 Å². The van der Waals surface area contributed by atoms with Crippen LogP contribution < -0.4 is 0 Å². The zero-order valence-electron chi connectivity index (χ0n) is 7.25. The fraction of sp³-hybridized carbons (Fsp3) is 0.556. The Labute approximate surface area is 72.0 Å². The van der Waals surface area contributed by atoms with Gasteiger partial charge in [-0.3, -0.25) is 9.59 Å². The molecular formula is C9H13NO2. The third-order valence-electron chi connectivity index (χ3n) is 2.21.